The lowest BCUT2D eigenvalue weighted by Crippen LogP contribution is -2.51. The number of allylic oxidation sites excluding steroid dienone is 2. The van der Waals surface area contributed by atoms with Crippen LogP contribution in [0.15, 0.2) is 84.9 Å². The minimum atomic E-state index is -5.97. The largest absolute Gasteiger partial charge is 0.456 e. The first-order chi connectivity index (χ1) is 21.1. The molecule has 0 fully saturated rings. The van der Waals surface area contributed by atoms with Crippen molar-refractivity contribution in [3.8, 4) is 23.0 Å². The van der Waals surface area contributed by atoms with Crippen LogP contribution in [-0.2, 0) is 11.6 Å². The summed E-state index contributed by atoms with van der Waals surface area (Å²) in [5, 5.41) is 0. The molecule has 1 atom stereocenters. The van der Waals surface area contributed by atoms with Crippen LogP contribution < -0.4 is 9.47 Å². The summed E-state index contributed by atoms with van der Waals surface area (Å²) >= 11 is 0. The van der Waals surface area contributed by atoms with Crippen LogP contribution in [0.3, 0.4) is 0 Å². The smallest absolute Gasteiger partial charge is 0.433 e. The van der Waals surface area contributed by atoms with Crippen LogP contribution in [0.2, 0.25) is 0 Å². The van der Waals surface area contributed by atoms with Gasteiger partial charge in [-0.05, 0) is 100 Å². The third-order valence-electron chi connectivity index (χ3n) is 7.46. The number of hydrogen-bond acceptors (Lipinski definition) is 2. The van der Waals surface area contributed by atoms with E-state index >= 15 is 13.2 Å². The van der Waals surface area contributed by atoms with Gasteiger partial charge in [-0.1, -0.05) is 60.7 Å². The maximum atomic E-state index is 16.5. The number of halogens is 6. The van der Waals surface area contributed by atoms with Gasteiger partial charge in [0.25, 0.3) is 5.67 Å². The van der Waals surface area contributed by atoms with Crippen molar-refractivity contribution in [2.75, 3.05) is 0 Å². The quantitative estimate of drug-likeness (QED) is 0.173. The van der Waals surface area contributed by atoms with Crippen molar-refractivity contribution in [3.05, 3.63) is 129 Å². The molecule has 0 saturated heterocycles. The number of benzene rings is 4. The Kier molecular flexibility index (Phi) is 9.57. The number of aryl methyl sites for hydroxylation is 4. The van der Waals surface area contributed by atoms with Gasteiger partial charge in [0.2, 0.25) is 0 Å². The molecule has 0 N–H and O–H groups in total. The Labute approximate surface area is 259 Å². The molecule has 8 heteroatoms. The molecule has 0 aliphatic carbocycles. The Morgan fingerprint density at radius 2 is 0.889 bits per heavy atom. The van der Waals surface area contributed by atoms with E-state index in [4.69, 9.17) is 9.47 Å². The zero-order chi connectivity index (χ0) is 33.2. The third kappa shape index (κ3) is 6.37. The van der Waals surface area contributed by atoms with Gasteiger partial charge in [-0.25, -0.2) is 4.39 Å². The van der Waals surface area contributed by atoms with Gasteiger partial charge < -0.3 is 9.47 Å². The highest BCUT2D eigenvalue weighted by Gasteiger charge is 2.72. The Hall–Kier alpha value is -4.46. The number of para-hydroxylation sites is 2. The highest BCUT2D eigenvalue weighted by atomic mass is 19.4. The molecular weight excluding hydrogens is 590 g/mol. The van der Waals surface area contributed by atoms with Crippen LogP contribution in [0, 0.1) is 27.7 Å². The second kappa shape index (κ2) is 12.9. The van der Waals surface area contributed by atoms with E-state index in [1.165, 1.54) is 27.7 Å². The van der Waals surface area contributed by atoms with E-state index in [0.717, 1.165) is 29.8 Å². The lowest BCUT2D eigenvalue weighted by Gasteiger charge is -2.36. The van der Waals surface area contributed by atoms with Crippen LogP contribution in [-0.4, -0.2) is 6.18 Å². The van der Waals surface area contributed by atoms with Gasteiger partial charge in [-0.15, -0.1) is 0 Å². The predicted molar refractivity (Wildman–Crippen MR) is 167 cm³/mol. The Morgan fingerprint density at radius 1 is 0.533 bits per heavy atom. The molecule has 0 heterocycles. The first kappa shape index (κ1) is 33.4. The fourth-order valence-corrected chi connectivity index (χ4v) is 5.33. The first-order valence-corrected chi connectivity index (χ1v) is 14.3. The summed E-state index contributed by atoms with van der Waals surface area (Å²) in [5.41, 5.74) is -5.60. The van der Waals surface area contributed by atoms with E-state index in [1.54, 1.807) is 72.8 Å². The summed E-state index contributed by atoms with van der Waals surface area (Å²) in [6, 6.07) is 17.2. The van der Waals surface area contributed by atoms with Gasteiger partial charge in [0.05, 0.1) is 0 Å². The van der Waals surface area contributed by atoms with Crippen molar-refractivity contribution < 1.29 is 35.8 Å². The number of alkyl halides is 6. The van der Waals surface area contributed by atoms with Gasteiger partial charge >= 0.3 is 12.1 Å². The van der Waals surface area contributed by atoms with Crippen molar-refractivity contribution in [1.29, 1.82) is 0 Å². The van der Waals surface area contributed by atoms with E-state index in [9.17, 15) is 13.2 Å². The fraction of sp³-hybridized carbons (Fsp3) is 0.243. The first-order valence-electron chi connectivity index (χ1n) is 14.3. The van der Waals surface area contributed by atoms with E-state index in [0.29, 0.717) is 17.1 Å². The van der Waals surface area contributed by atoms with Gasteiger partial charge in [-0.2, -0.15) is 22.0 Å². The third-order valence-corrected chi connectivity index (χ3v) is 7.46. The lowest BCUT2D eigenvalue weighted by atomic mass is 9.82. The highest BCUT2D eigenvalue weighted by Crippen LogP contribution is 2.58. The number of rotatable bonds is 9. The lowest BCUT2D eigenvalue weighted by molar-refractivity contribution is -0.314. The Morgan fingerprint density at radius 3 is 1.24 bits per heavy atom. The number of ether oxygens (including phenoxy) is 2. The second-order valence-corrected chi connectivity index (χ2v) is 10.9. The molecule has 2 nitrogen and oxygen atoms in total. The topological polar surface area (TPSA) is 18.5 Å². The molecule has 0 radical (unpaired) electrons. The van der Waals surface area contributed by atoms with Gasteiger partial charge in [0, 0.05) is 22.3 Å². The van der Waals surface area contributed by atoms with Gasteiger partial charge in [-0.3, -0.25) is 0 Å². The molecule has 4 rings (SSSR count). The molecule has 236 valence electrons. The maximum Gasteiger partial charge on any atom is 0.433 e. The summed E-state index contributed by atoms with van der Waals surface area (Å²) in [5.74, 6) is -3.84. The van der Waals surface area contributed by atoms with E-state index in [-0.39, 0.29) is 33.8 Å². The van der Waals surface area contributed by atoms with Crippen molar-refractivity contribution in [2.24, 2.45) is 0 Å². The average molecular weight is 625 g/mol. The summed E-state index contributed by atoms with van der Waals surface area (Å²) < 4.78 is 104. The van der Waals surface area contributed by atoms with Crippen LogP contribution in [0.1, 0.15) is 58.4 Å². The van der Waals surface area contributed by atoms with Crippen LogP contribution in [0.25, 0.3) is 12.2 Å². The molecule has 45 heavy (non-hydrogen) atoms. The minimum Gasteiger partial charge on any atom is -0.456 e. The highest BCUT2D eigenvalue weighted by molar-refractivity contribution is 5.60. The van der Waals surface area contributed by atoms with Crippen molar-refractivity contribution in [2.45, 2.75) is 59.3 Å². The Bertz CT molecular complexity index is 1710. The monoisotopic (exact) mass is 624 g/mol. The number of hydrogen-bond donors (Lipinski definition) is 0. The minimum absolute atomic E-state index is 0.0678. The van der Waals surface area contributed by atoms with Gasteiger partial charge in [0.1, 0.15) is 23.0 Å². The molecule has 0 amide bonds. The molecule has 0 aliphatic heterocycles. The van der Waals surface area contributed by atoms with Crippen LogP contribution >= 0.6 is 0 Å². The Balaban J connectivity index is 1.79. The zero-order valence-electron chi connectivity index (χ0n) is 25.8. The van der Waals surface area contributed by atoms with E-state index in [1.807, 2.05) is 13.8 Å². The molecule has 0 spiro atoms. The SMILES string of the molecule is CC=Cc1ccccc1Oc1c(C)cc(C(F)(F)C(F)(c2cc(C)c(Oc3ccccc3C=CC)c(C)c2)C(F)(F)F)cc1C. The van der Waals surface area contributed by atoms with E-state index in [2.05, 4.69) is 0 Å². The molecule has 0 aliphatic rings. The molecule has 4 aromatic rings. The zero-order valence-corrected chi connectivity index (χ0v) is 25.8. The van der Waals surface area contributed by atoms with E-state index < -0.39 is 28.9 Å². The fourth-order valence-electron chi connectivity index (χ4n) is 5.33. The summed E-state index contributed by atoms with van der Waals surface area (Å²) in [7, 11) is 0. The van der Waals surface area contributed by atoms with Crippen molar-refractivity contribution in [3.63, 3.8) is 0 Å². The van der Waals surface area contributed by atoms with Crippen LogP contribution in [0.5, 0.6) is 23.0 Å². The van der Waals surface area contributed by atoms with Gasteiger partial charge in [0.15, 0.2) is 0 Å². The molecule has 4 aromatic carbocycles. The molecule has 1 unspecified atom stereocenters. The second-order valence-electron chi connectivity index (χ2n) is 10.9. The summed E-state index contributed by atoms with van der Waals surface area (Å²) in [6.45, 7) is 9.28. The van der Waals surface area contributed by atoms with Crippen LogP contribution in [0.4, 0.5) is 26.3 Å². The average Bonchev–Trinajstić information content (AvgIpc) is 2.97. The normalized spacial score (nSPS) is 13.8. The molecule has 0 bridgehead atoms. The molecule has 0 aromatic heterocycles. The predicted octanol–water partition coefficient (Wildman–Crippen LogP) is 12.1. The standard InChI is InChI=1S/C37H34F6O2/c1-7-13-27-15-9-11-17-31(27)44-33-23(3)19-29(20-24(33)4)35(38,37(41,42)43)36(39,40)30-21-25(5)34(26(6)22-30)45-32-18-12-10-16-28(32)14-8-2/h7-22H,1-6H3. The molecule has 0 saturated carbocycles. The molecular formula is C37H34F6O2. The maximum absolute atomic E-state index is 16.5. The van der Waals surface area contributed by atoms with Crippen molar-refractivity contribution >= 4 is 12.2 Å². The summed E-state index contributed by atoms with van der Waals surface area (Å²) in [6.07, 6.45) is 1.20. The summed E-state index contributed by atoms with van der Waals surface area (Å²) in [4.78, 5) is 0. The van der Waals surface area contributed by atoms with Crippen molar-refractivity contribution in [1.82, 2.24) is 0 Å².